The number of pyridine rings is 1. The molecule has 33 heavy (non-hydrogen) atoms. The Balaban J connectivity index is 1.56. The van der Waals surface area contributed by atoms with Crippen molar-refractivity contribution in [3.8, 4) is 5.75 Å². The lowest BCUT2D eigenvalue weighted by Crippen LogP contribution is -2.44. The molecule has 2 heterocycles. The largest absolute Gasteiger partial charge is 0.497 e. The Morgan fingerprint density at radius 2 is 1.94 bits per heavy atom. The monoisotopic (exact) mass is 466 g/mol. The van der Waals surface area contributed by atoms with Crippen LogP contribution in [0.4, 0.5) is 5.69 Å². The minimum atomic E-state index is -0.109. The number of morpholine rings is 1. The Kier molecular flexibility index (Phi) is 7.59. The lowest BCUT2D eigenvalue weighted by molar-refractivity contribution is 0.0358. The number of aromatic amines is 1. The number of rotatable bonds is 7. The molecule has 0 atom stereocenters. The van der Waals surface area contributed by atoms with Gasteiger partial charge in [0, 0.05) is 48.3 Å². The summed E-state index contributed by atoms with van der Waals surface area (Å²) in [7, 11) is 1.64. The number of hydrogen-bond donors (Lipinski definition) is 2. The highest BCUT2D eigenvalue weighted by molar-refractivity contribution is 7.80. The highest BCUT2D eigenvalue weighted by Gasteiger charge is 2.17. The first-order chi connectivity index (χ1) is 16.0. The zero-order valence-corrected chi connectivity index (χ0v) is 19.9. The fourth-order valence-corrected chi connectivity index (χ4v) is 4.13. The number of methoxy groups -OCH3 is 1. The van der Waals surface area contributed by atoms with E-state index in [1.54, 1.807) is 7.11 Å². The van der Waals surface area contributed by atoms with Crippen LogP contribution in [0.25, 0.3) is 10.9 Å². The van der Waals surface area contributed by atoms with Gasteiger partial charge in [-0.05, 0) is 55.5 Å². The van der Waals surface area contributed by atoms with Gasteiger partial charge in [0.2, 0.25) is 0 Å². The van der Waals surface area contributed by atoms with Gasteiger partial charge < -0.3 is 24.7 Å². The third-order valence-corrected chi connectivity index (χ3v) is 6.23. The van der Waals surface area contributed by atoms with E-state index in [1.807, 2.05) is 48.5 Å². The predicted octanol–water partition coefficient (Wildman–Crippen LogP) is 3.38. The van der Waals surface area contributed by atoms with E-state index in [-0.39, 0.29) is 5.56 Å². The van der Waals surface area contributed by atoms with Crippen LogP contribution in [0.15, 0.2) is 53.3 Å². The molecular formula is C25H30N4O3S. The van der Waals surface area contributed by atoms with E-state index >= 15 is 0 Å². The van der Waals surface area contributed by atoms with Crippen LogP contribution >= 0.6 is 12.2 Å². The number of nitrogens with zero attached hydrogens (tertiary/aromatic N) is 2. The maximum absolute atomic E-state index is 12.8. The van der Waals surface area contributed by atoms with E-state index in [4.69, 9.17) is 21.7 Å². The van der Waals surface area contributed by atoms with E-state index in [2.05, 4.69) is 27.0 Å². The lowest BCUT2D eigenvalue weighted by atomic mass is 10.1. The molecule has 1 saturated heterocycles. The molecule has 8 heteroatoms. The molecule has 4 rings (SSSR count). The maximum atomic E-state index is 12.8. The van der Waals surface area contributed by atoms with Gasteiger partial charge in [0.25, 0.3) is 5.56 Å². The standard InChI is InChI=1S/C25H30N4O3S/c1-18-3-5-21(6-4-18)26-25(33)29(10-9-28-11-13-32-14-12-28)17-20-15-19-16-22(31-2)7-8-23(19)27-24(20)30/h3-8,15-16H,9-14,17H2,1-2H3,(H,26,33)(H,27,30). The fourth-order valence-electron chi connectivity index (χ4n) is 3.86. The number of benzene rings is 2. The van der Waals surface area contributed by atoms with Gasteiger partial charge in [0.1, 0.15) is 5.75 Å². The molecule has 1 aliphatic rings. The summed E-state index contributed by atoms with van der Waals surface area (Å²) >= 11 is 5.77. The highest BCUT2D eigenvalue weighted by atomic mass is 32.1. The molecule has 1 fully saturated rings. The molecule has 0 amide bonds. The van der Waals surface area contributed by atoms with E-state index in [9.17, 15) is 4.79 Å². The first kappa shape index (κ1) is 23.2. The van der Waals surface area contributed by atoms with Gasteiger partial charge in [-0.15, -0.1) is 0 Å². The molecule has 0 spiro atoms. The van der Waals surface area contributed by atoms with Gasteiger partial charge in [0.15, 0.2) is 5.11 Å². The van der Waals surface area contributed by atoms with Crippen molar-refractivity contribution in [2.75, 3.05) is 51.8 Å². The summed E-state index contributed by atoms with van der Waals surface area (Å²) in [6.45, 7) is 7.31. The highest BCUT2D eigenvalue weighted by Crippen LogP contribution is 2.19. The number of aromatic nitrogens is 1. The first-order valence-corrected chi connectivity index (χ1v) is 11.6. The van der Waals surface area contributed by atoms with Crippen LogP contribution in [0.5, 0.6) is 5.75 Å². The quantitative estimate of drug-likeness (QED) is 0.518. The van der Waals surface area contributed by atoms with Gasteiger partial charge in [-0.25, -0.2) is 0 Å². The van der Waals surface area contributed by atoms with Crippen molar-refractivity contribution in [2.45, 2.75) is 13.5 Å². The summed E-state index contributed by atoms with van der Waals surface area (Å²) in [5.41, 5.74) is 3.45. The number of H-pyrrole nitrogens is 1. The Labute approximate surface area is 199 Å². The summed E-state index contributed by atoms with van der Waals surface area (Å²) < 4.78 is 10.8. The van der Waals surface area contributed by atoms with Gasteiger partial charge in [-0.2, -0.15) is 0 Å². The van der Waals surface area contributed by atoms with E-state index in [0.717, 1.165) is 55.2 Å². The molecule has 3 aromatic rings. The molecule has 1 aliphatic heterocycles. The summed E-state index contributed by atoms with van der Waals surface area (Å²) in [6.07, 6.45) is 0. The normalized spacial score (nSPS) is 14.2. The third kappa shape index (κ3) is 6.10. The molecular weight excluding hydrogens is 436 g/mol. The lowest BCUT2D eigenvalue weighted by Gasteiger charge is -2.31. The Bertz CT molecular complexity index is 1160. The van der Waals surface area contributed by atoms with Gasteiger partial charge in [-0.1, -0.05) is 17.7 Å². The van der Waals surface area contributed by atoms with Crippen LogP contribution in [0.2, 0.25) is 0 Å². The van der Waals surface area contributed by atoms with Crippen molar-refractivity contribution < 1.29 is 9.47 Å². The number of nitrogens with one attached hydrogen (secondary N) is 2. The topological polar surface area (TPSA) is 69.8 Å². The van der Waals surface area contributed by atoms with E-state index in [1.165, 1.54) is 5.56 Å². The Morgan fingerprint density at radius 1 is 1.18 bits per heavy atom. The SMILES string of the molecule is COc1ccc2[nH]c(=O)c(CN(CCN3CCOCC3)C(=S)Nc3ccc(C)cc3)cc2c1. The average molecular weight is 467 g/mol. The van der Waals surface area contributed by atoms with E-state index in [0.29, 0.717) is 23.8 Å². The van der Waals surface area contributed by atoms with Crippen molar-refractivity contribution in [1.82, 2.24) is 14.8 Å². The summed E-state index contributed by atoms with van der Waals surface area (Å²) in [5.74, 6) is 0.751. The van der Waals surface area contributed by atoms with Crippen molar-refractivity contribution in [3.05, 3.63) is 70.0 Å². The maximum Gasteiger partial charge on any atom is 0.253 e. The summed E-state index contributed by atoms with van der Waals surface area (Å²) in [4.78, 5) is 20.2. The van der Waals surface area contributed by atoms with Crippen molar-refractivity contribution in [1.29, 1.82) is 0 Å². The van der Waals surface area contributed by atoms with E-state index < -0.39 is 0 Å². The number of aryl methyl sites for hydroxylation is 1. The third-order valence-electron chi connectivity index (χ3n) is 5.87. The summed E-state index contributed by atoms with van der Waals surface area (Å²) in [5, 5.41) is 4.85. The molecule has 0 bridgehead atoms. The predicted molar refractivity (Wildman–Crippen MR) is 136 cm³/mol. The average Bonchev–Trinajstić information content (AvgIpc) is 2.83. The minimum absolute atomic E-state index is 0.109. The second-order valence-electron chi connectivity index (χ2n) is 8.25. The molecule has 0 saturated carbocycles. The van der Waals surface area contributed by atoms with Gasteiger partial charge in [-0.3, -0.25) is 9.69 Å². The Morgan fingerprint density at radius 3 is 2.67 bits per heavy atom. The second kappa shape index (κ2) is 10.8. The smallest absolute Gasteiger partial charge is 0.253 e. The molecule has 7 nitrogen and oxygen atoms in total. The van der Waals surface area contributed by atoms with Crippen LogP contribution < -0.4 is 15.6 Å². The van der Waals surface area contributed by atoms with Gasteiger partial charge >= 0.3 is 0 Å². The van der Waals surface area contributed by atoms with Crippen LogP contribution in [0.1, 0.15) is 11.1 Å². The van der Waals surface area contributed by atoms with Crippen LogP contribution in [-0.4, -0.2) is 66.4 Å². The molecule has 2 N–H and O–H groups in total. The number of ether oxygens (including phenoxy) is 2. The second-order valence-corrected chi connectivity index (χ2v) is 8.64. The molecule has 0 radical (unpaired) electrons. The number of anilines is 1. The number of hydrogen-bond acceptors (Lipinski definition) is 5. The zero-order valence-electron chi connectivity index (χ0n) is 19.1. The number of thiocarbonyl (C=S) groups is 1. The van der Waals surface area contributed by atoms with Crippen molar-refractivity contribution in [3.63, 3.8) is 0 Å². The molecule has 0 aliphatic carbocycles. The first-order valence-electron chi connectivity index (χ1n) is 11.1. The molecule has 0 unspecified atom stereocenters. The molecule has 2 aromatic carbocycles. The van der Waals surface area contributed by atoms with Crippen LogP contribution in [-0.2, 0) is 11.3 Å². The molecule has 1 aromatic heterocycles. The Hall–Kier alpha value is -2.94. The van der Waals surface area contributed by atoms with Crippen molar-refractivity contribution >= 4 is 33.9 Å². The number of fused-ring (bicyclic) bond motifs is 1. The molecule has 174 valence electrons. The zero-order chi connectivity index (χ0) is 23.2. The fraction of sp³-hybridized carbons (Fsp3) is 0.360. The van der Waals surface area contributed by atoms with Crippen molar-refractivity contribution in [2.24, 2.45) is 0 Å². The van der Waals surface area contributed by atoms with Gasteiger partial charge in [0.05, 0.1) is 26.9 Å². The van der Waals surface area contributed by atoms with Crippen LogP contribution in [0, 0.1) is 6.92 Å². The summed E-state index contributed by atoms with van der Waals surface area (Å²) in [6, 6.07) is 15.7. The van der Waals surface area contributed by atoms with Crippen LogP contribution in [0.3, 0.4) is 0 Å². The minimum Gasteiger partial charge on any atom is -0.497 e.